The molecule has 1 aromatic rings. The van der Waals surface area contributed by atoms with Crippen molar-refractivity contribution >= 4 is 11.8 Å². The lowest BCUT2D eigenvalue weighted by molar-refractivity contribution is 0.0636. The van der Waals surface area contributed by atoms with E-state index in [2.05, 4.69) is 17.2 Å². The number of benzene rings is 1. The van der Waals surface area contributed by atoms with Gasteiger partial charge in [-0.05, 0) is 32.9 Å². The van der Waals surface area contributed by atoms with Crippen LogP contribution in [0.1, 0.15) is 26.3 Å². The predicted octanol–water partition coefficient (Wildman–Crippen LogP) is 2.38. The molecule has 0 aliphatic rings. The molecule has 0 radical (unpaired) electrons. The summed E-state index contributed by atoms with van der Waals surface area (Å²) in [5, 5.41) is 11.3. The smallest absolute Gasteiger partial charge is 0.412 e. The molecule has 0 fully saturated rings. The fourth-order valence-corrected chi connectivity index (χ4v) is 1.25. The highest BCUT2D eigenvalue weighted by Crippen LogP contribution is 2.15. The molecule has 18 heavy (non-hydrogen) atoms. The van der Waals surface area contributed by atoms with Crippen molar-refractivity contribution in [3.63, 3.8) is 0 Å². The predicted molar refractivity (Wildman–Crippen MR) is 70.3 cm³/mol. The van der Waals surface area contributed by atoms with Crippen LogP contribution in [0.4, 0.5) is 10.5 Å². The number of carbonyl (C=O) groups excluding carboxylic acids is 1. The first-order valence-corrected chi connectivity index (χ1v) is 5.61. The van der Waals surface area contributed by atoms with Gasteiger partial charge in [-0.3, -0.25) is 5.32 Å². The zero-order valence-electron chi connectivity index (χ0n) is 10.8. The maximum Gasteiger partial charge on any atom is 0.412 e. The summed E-state index contributed by atoms with van der Waals surface area (Å²) in [6, 6.07) is 7.08. The number of ether oxygens (including phenoxy) is 1. The Kier molecular flexibility index (Phi) is 4.75. The molecule has 0 unspecified atom stereocenters. The number of anilines is 1. The zero-order chi connectivity index (χ0) is 13.6. The van der Waals surface area contributed by atoms with Gasteiger partial charge in [-0.1, -0.05) is 24.0 Å². The number of aliphatic hydroxyl groups excluding tert-OH is 1. The zero-order valence-corrected chi connectivity index (χ0v) is 10.8. The number of amides is 1. The van der Waals surface area contributed by atoms with Crippen LogP contribution in [0.15, 0.2) is 24.3 Å². The Morgan fingerprint density at radius 1 is 1.39 bits per heavy atom. The normalized spacial score (nSPS) is 10.2. The maximum atomic E-state index is 11.6. The van der Waals surface area contributed by atoms with E-state index < -0.39 is 11.7 Å². The second-order valence-electron chi connectivity index (χ2n) is 4.63. The standard InChI is InChI=1S/C14H17NO3/c1-14(2,3)18-13(17)15-12-9-5-4-7-11(12)8-6-10-16/h4-5,7,9,16H,10H2,1-3H3,(H,15,17). The Hall–Kier alpha value is -1.99. The molecular formula is C14H17NO3. The molecule has 4 nitrogen and oxygen atoms in total. The highest BCUT2D eigenvalue weighted by molar-refractivity contribution is 5.86. The lowest BCUT2D eigenvalue weighted by Gasteiger charge is -2.20. The summed E-state index contributed by atoms with van der Waals surface area (Å²) in [5.74, 6) is 5.30. The van der Waals surface area contributed by atoms with Crippen LogP contribution in [0.25, 0.3) is 0 Å². The molecule has 0 bridgehead atoms. The fraction of sp³-hybridized carbons (Fsp3) is 0.357. The van der Waals surface area contributed by atoms with Crippen LogP contribution >= 0.6 is 0 Å². The first-order valence-electron chi connectivity index (χ1n) is 5.61. The van der Waals surface area contributed by atoms with Gasteiger partial charge in [0, 0.05) is 5.56 Å². The SMILES string of the molecule is CC(C)(C)OC(=O)Nc1ccccc1C#CCO. The van der Waals surface area contributed by atoms with Gasteiger partial charge in [0.15, 0.2) is 0 Å². The number of hydrogen-bond acceptors (Lipinski definition) is 3. The molecule has 0 saturated carbocycles. The van der Waals surface area contributed by atoms with E-state index in [1.54, 1.807) is 39.0 Å². The lowest BCUT2D eigenvalue weighted by Crippen LogP contribution is -2.27. The maximum absolute atomic E-state index is 11.6. The van der Waals surface area contributed by atoms with Crippen molar-refractivity contribution < 1.29 is 14.6 Å². The van der Waals surface area contributed by atoms with Crippen LogP contribution in [0.3, 0.4) is 0 Å². The third-order valence-electron chi connectivity index (χ3n) is 1.86. The Balaban J connectivity index is 2.81. The molecular weight excluding hydrogens is 230 g/mol. The molecule has 1 aromatic carbocycles. The number of carbonyl (C=O) groups is 1. The number of rotatable bonds is 1. The monoisotopic (exact) mass is 247 g/mol. The van der Waals surface area contributed by atoms with Gasteiger partial charge < -0.3 is 9.84 Å². The first kappa shape index (κ1) is 14.1. The van der Waals surface area contributed by atoms with Crippen LogP contribution in [-0.2, 0) is 4.74 Å². The van der Waals surface area contributed by atoms with Crippen molar-refractivity contribution in [1.82, 2.24) is 0 Å². The van der Waals surface area contributed by atoms with Crippen LogP contribution in [0, 0.1) is 11.8 Å². The molecule has 0 aliphatic carbocycles. The average Bonchev–Trinajstić information content (AvgIpc) is 2.25. The number of hydrogen-bond donors (Lipinski definition) is 2. The van der Waals surface area contributed by atoms with Gasteiger partial charge in [0.05, 0.1) is 5.69 Å². The number of para-hydroxylation sites is 1. The Morgan fingerprint density at radius 2 is 2.06 bits per heavy atom. The van der Waals surface area contributed by atoms with Crippen molar-refractivity contribution in [1.29, 1.82) is 0 Å². The summed E-state index contributed by atoms with van der Waals surface area (Å²) in [5.41, 5.74) is 0.653. The van der Waals surface area contributed by atoms with E-state index in [4.69, 9.17) is 9.84 Å². The molecule has 0 atom stereocenters. The number of nitrogens with one attached hydrogen (secondary N) is 1. The summed E-state index contributed by atoms with van der Waals surface area (Å²) in [6.45, 7) is 5.17. The quantitative estimate of drug-likeness (QED) is 0.749. The minimum absolute atomic E-state index is 0.221. The van der Waals surface area contributed by atoms with Crippen molar-refractivity contribution in [2.75, 3.05) is 11.9 Å². The summed E-state index contributed by atoms with van der Waals surface area (Å²) in [7, 11) is 0. The Labute approximate surface area is 107 Å². The molecule has 4 heteroatoms. The largest absolute Gasteiger partial charge is 0.444 e. The third kappa shape index (κ3) is 4.89. The second-order valence-corrected chi connectivity index (χ2v) is 4.63. The van der Waals surface area contributed by atoms with Crippen molar-refractivity contribution in [3.05, 3.63) is 29.8 Å². The van der Waals surface area contributed by atoms with Gasteiger partial charge in [-0.15, -0.1) is 0 Å². The van der Waals surface area contributed by atoms with Gasteiger partial charge >= 0.3 is 6.09 Å². The topological polar surface area (TPSA) is 58.6 Å². The summed E-state index contributed by atoms with van der Waals surface area (Å²) < 4.78 is 5.15. The van der Waals surface area contributed by atoms with Gasteiger partial charge in [0.25, 0.3) is 0 Å². The third-order valence-corrected chi connectivity index (χ3v) is 1.86. The van der Waals surface area contributed by atoms with E-state index in [9.17, 15) is 4.79 Å². The highest BCUT2D eigenvalue weighted by Gasteiger charge is 2.16. The van der Waals surface area contributed by atoms with E-state index >= 15 is 0 Å². The molecule has 1 amide bonds. The second kappa shape index (κ2) is 6.08. The molecule has 0 saturated heterocycles. The highest BCUT2D eigenvalue weighted by atomic mass is 16.6. The van der Waals surface area contributed by atoms with Gasteiger partial charge in [-0.25, -0.2) is 4.79 Å². The van der Waals surface area contributed by atoms with Gasteiger partial charge in [0.2, 0.25) is 0 Å². The molecule has 0 aromatic heterocycles. The average molecular weight is 247 g/mol. The summed E-state index contributed by atoms with van der Waals surface area (Å²) in [6.07, 6.45) is -0.527. The van der Waals surface area contributed by atoms with E-state index in [0.29, 0.717) is 11.3 Å². The van der Waals surface area contributed by atoms with E-state index in [1.165, 1.54) is 0 Å². The van der Waals surface area contributed by atoms with Crippen LogP contribution in [-0.4, -0.2) is 23.4 Å². The van der Waals surface area contributed by atoms with Crippen molar-refractivity contribution in [2.24, 2.45) is 0 Å². The molecule has 0 aliphatic heterocycles. The molecule has 96 valence electrons. The van der Waals surface area contributed by atoms with Gasteiger partial charge in [0.1, 0.15) is 12.2 Å². The minimum Gasteiger partial charge on any atom is -0.444 e. The first-order chi connectivity index (χ1) is 8.42. The van der Waals surface area contributed by atoms with E-state index in [0.717, 1.165) is 0 Å². The molecule has 0 spiro atoms. The lowest BCUT2D eigenvalue weighted by atomic mass is 10.2. The van der Waals surface area contributed by atoms with Crippen molar-refractivity contribution in [2.45, 2.75) is 26.4 Å². The minimum atomic E-state index is -0.546. The Morgan fingerprint density at radius 3 is 2.67 bits per heavy atom. The molecule has 2 N–H and O–H groups in total. The van der Waals surface area contributed by atoms with E-state index in [1.807, 2.05) is 6.07 Å². The van der Waals surface area contributed by atoms with Crippen LogP contribution < -0.4 is 5.32 Å². The Bertz CT molecular complexity index is 478. The van der Waals surface area contributed by atoms with Crippen molar-refractivity contribution in [3.8, 4) is 11.8 Å². The molecule has 1 rings (SSSR count). The molecule has 0 heterocycles. The summed E-state index contributed by atoms with van der Waals surface area (Å²) >= 11 is 0. The van der Waals surface area contributed by atoms with Crippen LogP contribution in [0.2, 0.25) is 0 Å². The number of aliphatic hydroxyl groups is 1. The van der Waals surface area contributed by atoms with E-state index in [-0.39, 0.29) is 6.61 Å². The summed E-state index contributed by atoms with van der Waals surface area (Å²) in [4.78, 5) is 11.6. The van der Waals surface area contributed by atoms with Gasteiger partial charge in [-0.2, -0.15) is 0 Å². The fourth-order valence-electron chi connectivity index (χ4n) is 1.25. The van der Waals surface area contributed by atoms with Crippen LogP contribution in [0.5, 0.6) is 0 Å².